The standard InChI is InChI=1S/C20H17N5O/c26-20(23-13-14-6-2-1-3-7-14)15(12-18-21-10-11-22-18)19-24-16-8-4-5-9-17(16)25-19/h1-12H,13H2,(H,21,22)(H,23,26)(H,24,25). The lowest BCUT2D eigenvalue weighted by Crippen LogP contribution is -2.24. The van der Waals surface area contributed by atoms with Crippen LogP contribution >= 0.6 is 0 Å². The molecule has 0 saturated heterocycles. The smallest absolute Gasteiger partial charge is 0.255 e. The molecule has 0 fully saturated rings. The highest BCUT2D eigenvalue weighted by molar-refractivity contribution is 6.23. The van der Waals surface area contributed by atoms with Gasteiger partial charge in [0.15, 0.2) is 0 Å². The molecular formula is C20H17N5O. The zero-order valence-electron chi connectivity index (χ0n) is 13.9. The number of amides is 1. The number of nitrogens with zero attached hydrogens (tertiary/aromatic N) is 2. The summed E-state index contributed by atoms with van der Waals surface area (Å²) < 4.78 is 0. The summed E-state index contributed by atoms with van der Waals surface area (Å²) in [6.45, 7) is 0.440. The maximum absolute atomic E-state index is 12.8. The number of aromatic nitrogens is 4. The number of hydrogen-bond acceptors (Lipinski definition) is 3. The first-order valence-corrected chi connectivity index (χ1v) is 8.28. The van der Waals surface area contributed by atoms with Crippen LogP contribution in [0.5, 0.6) is 0 Å². The van der Waals surface area contributed by atoms with Gasteiger partial charge in [-0.25, -0.2) is 9.97 Å². The van der Waals surface area contributed by atoms with Gasteiger partial charge < -0.3 is 15.3 Å². The van der Waals surface area contributed by atoms with E-state index in [1.165, 1.54) is 0 Å². The molecule has 0 spiro atoms. The molecule has 26 heavy (non-hydrogen) atoms. The normalized spacial score (nSPS) is 11.6. The van der Waals surface area contributed by atoms with Gasteiger partial charge in [-0.1, -0.05) is 42.5 Å². The van der Waals surface area contributed by atoms with Crippen LogP contribution in [0, 0.1) is 0 Å². The minimum atomic E-state index is -0.218. The zero-order chi connectivity index (χ0) is 17.8. The van der Waals surface area contributed by atoms with E-state index in [0.29, 0.717) is 23.8 Å². The SMILES string of the molecule is O=C(NCc1ccccc1)C(=Cc1ncc[nH]1)c1nc2ccccc2[nH]1. The number of imidazole rings is 2. The summed E-state index contributed by atoms with van der Waals surface area (Å²) in [7, 11) is 0. The average molecular weight is 343 g/mol. The van der Waals surface area contributed by atoms with Gasteiger partial charge in [-0.05, 0) is 23.8 Å². The molecule has 4 rings (SSSR count). The molecule has 2 aromatic heterocycles. The first-order valence-electron chi connectivity index (χ1n) is 8.28. The van der Waals surface area contributed by atoms with Crippen LogP contribution in [-0.2, 0) is 11.3 Å². The monoisotopic (exact) mass is 343 g/mol. The second-order valence-electron chi connectivity index (χ2n) is 5.80. The maximum Gasteiger partial charge on any atom is 0.255 e. The van der Waals surface area contributed by atoms with E-state index in [1.54, 1.807) is 18.5 Å². The Kier molecular flexibility index (Phi) is 4.30. The second-order valence-corrected chi connectivity index (χ2v) is 5.80. The van der Waals surface area contributed by atoms with Crippen molar-refractivity contribution in [2.75, 3.05) is 0 Å². The summed E-state index contributed by atoms with van der Waals surface area (Å²) in [4.78, 5) is 27.8. The van der Waals surface area contributed by atoms with Crippen LogP contribution < -0.4 is 5.32 Å². The van der Waals surface area contributed by atoms with Crippen LogP contribution in [0.4, 0.5) is 0 Å². The molecule has 0 atom stereocenters. The van der Waals surface area contributed by atoms with Crippen LogP contribution in [-0.4, -0.2) is 25.8 Å². The molecule has 0 saturated carbocycles. The Labute approximate surface area is 150 Å². The first-order chi connectivity index (χ1) is 12.8. The van der Waals surface area contributed by atoms with E-state index in [-0.39, 0.29) is 5.91 Å². The van der Waals surface area contributed by atoms with E-state index in [4.69, 9.17) is 0 Å². The molecule has 2 heterocycles. The number of fused-ring (bicyclic) bond motifs is 1. The van der Waals surface area contributed by atoms with Crippen molar-refractivity contribution in [3.63, 3.8) is 0 Å². The van der Waals surface area contributed by atoms with Gasteiger partial charge in [-0.15, -0.1) is 0 Å². The summed E-state index contributed by atoms with van der Waals surface area (Å²) in [5.41, 5.74) is 3.14. The molecule has 0 bridgehead atoms. The summed E-state index contributed by atoms with van der Waals surface area (Å²) >= 11 is 0. The zero-order valence-corrected chi connectivity index (χ0v) is 13.9. The average Bonchev–Trinajstić information content (AvgIpc) is 3.34. The van der Waals surface area contributed by atoms with Gasteiger partial charge in [0.1, 0.15) is 11.6 Å². The Morgan fingerprint density at radius 1 is 1.08 bits per heavy atom. The highest BCUT2D eigenvalue weighted by atomic mass is 16.1. The summed E-state index contributed by atoms with van der Waals surface area (Å²) in [6, 6.07) is 17.4. The molecule has 0 aliphatic carbocycles. The van der Waals surface area contributed by atoms with Crippen molar-refractivity contribution in [2.45, 2.75) is 6.54 Å². The molecule has 1 amide bonds. The number of carbonyl (C=O) groups excluding carboxylic acids is 1. The molecule has 3 N–H and O–H groups in total. The minimum absolute atomic E-state index is 0.218. The largest absolute Gasteiger partial charge is 0.348 e. The third-order valence-electron chi connectivity index (χ3n) is 3.99. The molecule has 6 heteroatoms. The predicted octanol–water partition coefficient (Wildman–Crippen LogP) is 3.14. The Balaban J connectivity index is 1.65. The number of rotatable bonds is 5. The van der Waals surface area contributed by atoms with Crippen molar-refractivity contribution in [1.82, 2.24) is 25.3 Å². The van der Waals surface area contributed by atoms with Gasteiger partial charge in [0.05, 0.1) is 16.6 Å². The van der Waals surface area contributed by atoms with Crippen LogP contribution in [0.2, 0.25) is 0 Å². The van der Waals surface area contributed by atoms with Gasteiger partial charge in [0, 0.05) is 18.9 Å². The lowest BCUT2D eigenvalue weighted by molar-refractivity contribution is -0.115. The Bertz CT molecular complexity index is 1020. The van der Waals surface area contributed by atoms with Crippen molar-refractivity contribution in [1.29, 1.82) is 0 Å². The van der Waals surface area contributed by atoms with E-state index in [0.717, 1.165) is 16.6 Å². The number of H-pyrrole nitrogens is 2. The molecule has 6 nitrogen and oxygen atoms in total. The molecule has 4 aromatic rings. The Morgan fingerprint density at radius 2 is 1.88 bits per heavy atom. The summed E-state index contributed by atoms with van der Waals surface area (Å²) in [5, 5.41) is 2.95. The number of para-hydroxylation sites is 2. The lowest BCUT2D eigenvalue weighted by atomic mass is 10.2. The first kappa shape index (κ1) is 15.8. The summed E-state index contributed by atoms with van der Waals surface area (Å²) in [5.74, 6) is 0.882. The molecule has 0 aliphatic rings. The number of nitrogens with one attached hydrogen (secondary N) is 3. The molecule has 2 aromatic carbocycles. The second kappa shape index (κ2) is 7.06. The Morgan fingerprint density at radius 3 is 2.65 bits per heavy atom. The Hall–Kier alpha value is -3.67. The summed E-state index contributed by atoms with van der Waals surface area (Å²) in [6.07, 6.45) is 5.05. The van der Waals surface area contributed by atoms with Crippen molar-refractivity contribution < 1.29 is 4.79 Å². The van der Waals surface area contributed by atoms with Crippen molar-refractivity contribution in [3.8, 4) is 0 Å². The molecule has 0 radical (unpaired) electrons. The van der Waals surface area contributed by atoms with Crippen molar-refractivity contribution >= 4 is 28.6 Å². The highest BCUT2D eigenvalue weighted by Crippen LogP contribution is 2.19. The van der Waals surface area contributed by atoms with E-state index in [1.807, 2.05) is 54.6 Å². The number of aromatic amines is 2. The van der Waals surface area contributed by atoms with Crippen molar-refractivity contribution in [2.24, 2.45) is 0 Å². The maximum atomic E-state index is 12.8. The van der Waals surface area contributed by atoms with Gasteiger partial charge in [0.2, 0.25) is 0 Å². The molecular weight excluding hydrogens is 326 g/mol. The number of hydrogen-bond donors (Lipinski definition) is 3. The fourth-order valence-electron chi connectivity index (χ4n) is 2.69. The van der Waals surface area contributed by atoms with E-state index in [2.05, 4.69) is 25.3 Å². The van der Waals surface area contributed by atoms with E-state index >= 15 is 0 Å². The van der Waals surface area contributed by atoms with Gasteiger partial charge in [-0.2, -0.15) is 0 Å². The fraction of sp³-hybridized carbons (Fsp3) is 0.0500. The predicted molar refractivity (Wildman–Crippen MR) is 101 cm³/mol. The number of benzene rings is 2. The molecule has 0 aliphatic heterocycles. The highest BCUT2D eigenvalue weighted by Gasteiger charge is 2.16. The number of carbonyl (C=O) groups is 1. The third-order valence-corrected chi connectivity index (χ3v) is 3.99. The van der Waals surface area contributed by atoms with E-state index in [9.17, 15) is 4.79 Å². The topological polar surface area (TPSA) is 86.5 Å². The quantitative estimate of drug-likeness (QED) is 0.487. The van der Waals surface area contributed by atoms with Gasteiger partial charge in [0.25, 0.3) is 5.91 Å². The molecule has 128 valence electrons. The van der Waals surface area contributed by atoms with Gasteiger partial charge >= 0.3 is 0 Å². The van der Waals surface area contributed by atoms with Crippen LogP contribution in [0.1, 0.15) is 17.2 Å². The lowest BCUT2D eigenvalue weighted by Gasteiger charge is -2.07. The van der Waals surface area contributed by atoms with Crippen LogP contribution in [0.3, 0.4) is 0 Å². The van der Waals surface area contributed by atoms with E-state index < -0.39 is 0 Å². The van der Waals surface area contributed by atoms with Gasteiger partial charge in [-0.3, -0.25) is 4.79 Å². The van der Waals surface area contributed by atoms with Crippen LogP contribution in [0.25, 0.3) is 22.7 Å². The van der Waals surface area contributed by atoms with Crippen molar-refractivity contribution in [3.05, 3.63) is 84.2 Å². The fourth-order valence-corrected chi connectivity index (χ4v) is 2.69. The van der Waals surface area contributed by atoms with Crippen LogP contribution in [0.15, 0.2) is 67.0 Å². The third kappa shape index (κ3) is 3.39. The minimum Gasteiger partial charge on any atom is -0.348 e. The molecule has 0 unspecified atom stereocenters.